The van der Waals surface area contributed by atoms with Crippen LogP contribution >= 0.6 is 23.2 Å². The molecule has 0 heterocycles. The van der Waals surface area contributed by atoms with Crippen LogP contribution in [-0.4, -0.2) is 0 Å². The van der Waals surface area contributed by atoms with Crippen molar-refractivity contribution in [3.8, 4) is 0 Å². The largest absolute Gasteiger partial charge is 0.399 e. The number of aryl methyl sites for hydroxylation is 1. The van der Waals surface area contributed by atoms with E-state index in [1.165, 1.54) is 0 Å². The van der Waals surface area contributed by atoms with E-state index in [0.717, 1.165) is 16.9 Å². The molecular weight excluding hydrogens is 255 g/mol. The maximum absolute atomic E-state index is 6.13. The highest BCUT2D eigenvalue weighted by Gasteiger charge is 2.06. The molecule has 0 fully saturated rings. The van der Waals surface area contributed by atoms with Crippen molar-refractivity contribution in [1.29, 1.82) is 0 Å². The summed E-state index contributed by atoms with van der Waals surface area (Å²) in [7, 11) is 0. The third-order valence-electron chi connectivity index (χ3n) is 2.47. The number of hydrogen-bond donors (Lipinski definition) is 2. The third-order valence-corrected chi connectivity index (χ3v) is 3.10. The van der Waals surface area contributed by atoms with Gasteiger partial charge < -0.3 is 11.1 Å². The lowest BCUT2D eigenvalue weighted by Crippen LogP contribution is -1.95. The maximum atomic E-state index is 6.13. The van der Waals surface area contributed by atoms with E-state index in [1.54, 1.807) is 12.1 Å². The van der Waals surface area contributed by atoms with Gasteiger partial charge in [-0.3, -0.25) is 0 Å². The number of halogens is 2. The number of anilines is 3. The zero-order valence-electron chi connectivity index (χ0n) is 9.30. The van der Waals surface area contributed by atoms with Crippen LogP contribution in [0.5, 0.6) is 0 Å². The quantitative estimate of drug-likeness (QED) is 0.778. The molecule has 0 saturated heterocycles. The van der Waals surface area contributed by atoms with Gasteiger partial charge in [0.15, 0.2) is 0 Å². The van der Waals surface area contributed by atoms with E-state index in [0.29, 0.717) is 15.7 Å². The fourth-order valence-corrected chi connectivity index (χ4v) is 2.06. The molecule has 2 aromatic carbocycles. The van der Waals surface area contributed by atoms with Crippen LogP contribution in [0.3, 0.4) is 0 Å². The Hall–Kier alpha value is -1.38. The Labute approximate surface area is 110 Å². The highest BCUT2D eigenvalue weighted by atomic mass is 35.5. The molecule has 17 heavy (non-hydrogen) atoms. The van der Waals surface area contributed by atoms with E-state index in [-0.39, 0.29) is 0 Å². The second kappa shape index (κ2) is 4.86. The van der Waals surface area contributed by atoms with Crippen molar-refractivity contribution in [1.82, 2.24) is 0 Å². The topological polar surface area (TPSA) is 38.0 Å². The first kappa shape index (κ1) is 12.1. The van der Waals surface area contributed by atoms with Gasteiger partial charge in [-0.05, 0) is 36.8 Å². The molecule has 3 N–H and O–H groups in total. The molecule has 0 unspecified atom stereocenters. The molecule has 0 radical (unpaired) electrons. The zero-order valence-corrected chi connectivity index (χ0v) is 10.8. The average Bonchev–Trinajstić information content (AvgIpc) is 2.26. The molecule has 0 aliphatic heterocycles. The van der Waals surface area contributed by atoms with Gasteiger partial charge in [-0.2, -0.15) is 0 Å². The van der Waals surface area contributed by atoms with Crippen LogP contribution in [0.4, 0.5) is 17.1 Å². The number of hydrogen-bond acceptors (Lipinski definition) is 2. The summed E-state index contributed by atoms with van der Waals surface area (Å²) in [4.78, 5) is 0. The molecule has 0 aromatic heterocycles. The van der Waals surface area contributed by atoms with Crippen LogP contribution < -0.4 is 11.1 Å². The van der Waals surface area contributed by atoms with Crippen molar-refractivity contribution in [2.24, 2.45) is 0 Å². The van der Waals surface area contributed by atoms with Crippen molar-refractivity contribution in [3.63, 3.8) is 0 Å². The third kappa shape index (κ3) is 2.65. The van der Waals surface area contributed by atoms with E-state index in [2.05, 4.69) is 5.32 Å². The minimum absolute atomic E-state index is 0.573. The highest BCUT2D eigenvalue weighted by Crippen LogP contribution is 2.32. The van der Waals surface area contributed by atoms with Crippen molar-refractivity contribution >= 4 is 40.3 Å². The van der Waals surface area contributed by atoms with Crippen LogP contribution in [0.25, 0.3) is 0 Å². The second-order valence-electron chi connectivity index (χ2n) is 3.80. The van der Waals surface area contributed by atoms with Crippen LogP contribution in [0, 0.1) is 6.92 Å². The molecule has 88 valence electrons. The number of rotatable bonds is 2. The Kier molecular flexibility index (Phi) is 3.46. The first-order valence-corrected chi connectivity index (χ1v) is 5.90. The van der Waals surface area contributed by atoms with Gasteiger partial charge in [-0.1, -0.05) is 35.3 Å². The molecule has 0 aliphatic rings. The average molecular weight is 267 g/mol. The first-order valence-electron chi connectivity index (χ1n) is 5.15. The summed E-state index contributed by atoms with van der Waals surface area (Å²) in [6, 6.07) is 11.1. The van der Waals surface area contributed by atoms with Crippen molar-refractivity contribution in [2.75, 3.05) is 11.1 Å². The Morgan fingerprint density at radius 1 is 1.06 bits per heavy atom. The molecule has 0 atom stereocenters. The maximum Gasteiger partial charge on any atom is 0.0661 e. The predicted molar refractivity (Wildman–Crippen MR) is 75.3 cm³/mol. The molecule has 2 nitrogen and oxygen atoms in total. The van der Waals surface area contributed by atoms with E-state index in [4.69, 9.17) is 28.9 Å². The first-order chi connectivity index (χ1) is 8.08. The second-order valence-corrected chi connectivity index (χ2v) is 4.61. The SMILES string of the molecule is Cc1cccc(Cl)c1Nc1ccc(N)cc1Cl. The summed E-state index contributed by atoms with van der Waals surface area (Å²) in [6.45, 7) is 1.99. The lowest BCUT2D eigenvalue weighted by molar-refractivity contribution is 1.43. The van der Waals surface area contributed by atoms with Gasteiger partial charge in [0.25, 0.3) is 0 Å². The Balaban J connectivity index is 2.38. The van der Waals surface area contributed by atoms with Gasteiger partial charge >= 0.3 is 0 Å². The minimum Gasteiger partial charge on any atom is -0.399 e. The number of nitrogen functional groups attached to an aromatic ring is 1. The monoisotopic (exact) mass is 266 g/mol. The van der Waals surface area contributed by atoms with Crippen LogP contribution in [0.2, 0.25) is 10.0 Å². The number of benzene rings is 2. The Morgan fingerprint density at radius 3 is 2.47 bits per heavy atom. The normalized spacial score (nSPS) is 10.3. The van der Waals surface area contributed by atoms with Crippen molar-refractivity contribution in [2.45, 2.75) is 6.92 Å². The summed E-state index contributed by atoms with van der Waals surface area (Å²) < 4.78 is 0. The van der Waals surface area contributed by atoms with Gasteiger partial charge in [-0.15, -0.1) is 0 Å². The van der Waals surface area contributed by atoms with Gasteiger partial charge in [0.05, 0.1) is 21.4 Å². The molecular formula is C13H12Cl2N2. The molecule has 2 rings (SSSR count). The summed E-state index contributed by atoms with van der Waals surface area (Å²) >= 11 is 12.2. The van der Waals surface area contributed by atoms with Crippen molar-refractivity contribution < 1.29 is 0 Å². The molecule has 0 amide bonds. The van der Waals surface area contributed by atoms with E-state index in [9.17, 15) is 0 Å². The van der Waals surface area contributed by atoms with E-state index >= 15 is 0 Å². The van der Waals surface area contributed by atoms with Gasteiger partial charge in [0.1, 0.15) is 0 Å². The van der Waals surface area contributed by atoms with Gasteiger partial charge in [-0.25, -0.2) is 0 Å². The standard InChI is InChI=1S/C13H12Cl2N2/c1-8-3-2-4-10(14)13(8)17-12-6-5-9(16)7-11(12)15/h2-7,17H,16H2,1H3. The van der Waals surface area contributed by atoms with E-state index in [1.807, 2.05) is 31.2 Å². The number of nitrogens with two attached hydrogens (primary N) is 1. The molecule has 0 saturated carbocycles. The van der Waals surface area contributed by atoms with Crippen molar-refractivity contribution in [3.05, 3.63) is 52.0 Å². The molecule has 0 spiro atoms. The van der Waals surface area contributed by atoms with E-state index < -0.39 is 0 Å². The van der Waals surface area contributed by atoms with Crippen LogP contribution in [0.1, 0.15) is 5.56 Å². The number of para-hydroxylation sites is 1. The number of nitrogens with one attached hydrogen (secondary N) is 1. The summed E-state index contributed by atoms with van der Waals surface area (Å²) in [5, 5.41) is 4.45. The summed E-state index contributed by atoms with van der Waals surface area (Å²) in [6.07, 6.45) is 0. The lowest BCUT2D eigenvalue weighted by atomic mass is 10.2. The molecule has 2 aromatic rings. The minimum atomic E-state index is 0.573. The fraction of sp³-hybridized carbons (Fsp3) is 0.0769. The Morgan fingerprint density at radius 2 is 1.82 bits per heavy atom. The van der Waals surface area contributed by atoms with Gasteiger partial charge in [0, 0.05) is 5.69 Å². The Bertz CT molecular complexity index is 533. The van der Waals surface area contributed by atoms with Crippen LogP contribution in [-0.2, 0) is 0 Å². The zero-order chi connectivity index (χ0) is 12.4. The fourth-order valence-electron chi connectivity index (χ4n) is 1.56. The molecule has 0 bridgehead atoms. The molecule has 0 aliphatic carbocycles. The van der Waals surface area contributed by atoms with Crippen LogP contribution in [0.15, 0.2) is 36.4 Å². The molecule has 4 heteroatoms. The van der Waals surface area contributed by atoms with Gasteiger partial charge in [0.2, 0.25) is 0 Å². The lowest BCUT2D eigenvalue weighted by Gasteiger charge is -2.13. The highest BCUT2D eigenvalue weighted by molar-refractivity contribution is 6.35. The smallest absolute Gasteiger partial charge is 0.0661 e. The predicted octanol–water partition coefficient (Wildman–Crippen LogP) is 4.63. The summed E-state index contributed by atoms with van der Waals surface area (Å²) in [5.74, 6) is 0. The summed E-state index contributed by atoms with van der Waals surface area (Å²) in [5.41, 5.74) is 8.99.